The van der Waals surface area contributed by atoms with Gasteiger partial charge in [-0.1, -0.05) is 13.8 Å². The molecule has 1 unspecified atom stereocenters. The summed E-state index contributed by atoms with van der Waals surface area (Å²) in [6, 6.07) is -0.659. The van der Waals surface area contributed by atoms with Gasteiger partial charge < -0.3 is 15.8 Å². The molecule has 0 spiro atoms. The second-order valence-electron chi connectivity index (χ2n) is 4.40. The highest BCUT2D eigenvalue weighted by Gasteiger charge is 2.13. The average Bonchev–Trinajstić information content (AvgIpc) is 2.64. The fraction of sp³-hybridized carbons (Fsp3) is 0.636. The number of nitrogens with zero attached hydrogens (tertiary/aromatic N) is 2. The number of carbonyl (C=O) groups is 1. The van der Waals surface area contributed by atoms with E-state index in [2.05, 4.69) is 24.3 Å². The number of aromatic nitrogens is 2. The molecule has 17 heavy (non-hydrogen) atoms. The summed E-state index contributed by atoms with van der Waals surface area (Å²) in [4.78, 5) is 11.6. The van der Waals surface area contributed by atoms with Crippen molar-refractivity contribution < 1.29 is 9.53 Å². The maximum Gasteiger partial charge on any atom is 0.243 e. The van der Waals surface area contributed by atoms with Crippen LogP contribution >= 0.6 is 0 Å². The monoisotopic (exact) mass is 240 g/mol. The Labute approximate surface area is 101 Å². The van der Waals surface area contributed by atoms with E-state index in [4.69, 9.17) is 10.5 Å². The van der Waals surface area contributed by atoms with E-state index in [1.807, 2.05) is 0 Å². The number of nitrogens with two attached hydrogens (primary N) is 1. The van der Waals surface area contributed by atoms with Crippen molar-refractivity contribution in [3.8, 4) is 0 Å². The molecule has 0 radical (unpaired) electrons. The zero-order valence-electron chi connectivity index (χ0n) is 10.5. The minimum Gasteiger partial charge on any atom is -0.383 e. The molecule has 0 aliphatic heterocycles. The van der Waals surface area contributed by atoms with Crippen molar-refractivity contribution in [1.82, 2.24) is 9.78 Å². The van der Waals surface area contributed by atoms with E-state index in [1.165, 1.54) is 7.11 Å². The molecule has 0 saturated carbocycles. The molecule has 6 heteroatoms. The molecule has 1 atom stereocenters. The first-order chi connectivity index (χ1) is 8.02. The van der Waals surface area contributed by atoms with Crippen molar-refractivity contribution >= 4 is 11.6 Å². The van der Waals surface area contributed by atoms with Gasteiger partial charge in [-0.15, -0.1) is 0 Å². The number of nitrogens with one attached hydrogen (secondary N) is 1. The van der Waals surface area contributed by atoms with Crippen molar-refractivity contribution in [3.63, 3.8) is 0 Å². The van der Waals surface area contributed by atoms with Gasteiger partial charge in [-0.25, -0.2) is 0 Å². The zero-order valence-corrected chi connectivity index (χ0v) is 10.5. The minimum absolute atomic E-state index is 0.200. The topological polar surface area (TPSA) is 82.2 Å². The molecule has 3 N–H and O–H groups in total. The maximum atomic E-state index is 11.6. The average molecular weight is 240 g/mol. The Bertz CT molecular complexity index is 362. The molecule has 1 rings (SSSR count). The third-order valence-electron chi connectivity index (χ3n) is 2.14. The number of anilines is 1. The number of hydrogen-bond acceptors (Lipinski definition) is 4. The number of hydrogen-bond donors (Lipinski definition) is 2. The summed E-state index contributed by atoms with van der Waals surface area (Å²) in [6.07, 6.45) is 3.40. The van der Waals surface area contributed by atoms with Crippen LogP contribution in [0.1, 0.15) is 13.8 Å². The van der Waals surface area contributed by atoms with Gasteiger partial charge in [-0.3, -0.25) is 9.48 Å². The van der Waals surface area contributed by atoms with Gasteiger partial charge >= 0.3 is 0 Å². The zero-order chi connectivity index (χ0) is 12.8. The van der Waals surface area contributed by atoms with E-state index in [1.54, 1.807) is 17.1 Å². The van der Waals surface area contributed by atoms with Crippen LogP contribution in [0.25, 0.3) is 0 Å². The van der Waals surface area contributed by atoms with Crippen LogP contribution < -0.4 is 11.1 Å². The lowest BCUT2D eigenvalue weighted by atomic mass is 10.2. The summed E-state index contributed by atoms with van der Waals surface area (Å²) < 4.78 is 6.61. The molecule has 0 fully saturated rings. The van der Waals surface area contributed by atoms with E-state index >= 15 is 0 Å². The molecule has 1 aromatic heterocycles. The number of amides is 1. The smallest absolute Gasteiger partial charge is 0.243 e. The molecule has 6 nitrogen and oxygen atoms in total. The van der Waals surface area contributed by atoms with Gasteiger partial charge in [-0.2, -0.15) is 5.10 Å². The summed E-state index contributed by atoms with van der Waals surface area (Å²) in [7, 11) is 1.51. The Balaban J connectivity index is 2.51. The van der Waals surface area contributed by atoms with Gasteiger partial charge in [0, 0.05) is 19.9 Å². The van der Waals surface area contributed by atoms with Crippen molar-refractivity contribution in [3.05, 3.63) is 12.4 Å². The lowest BCUT2D eigenvalue weighted by molar-refractivity contribution is -0.118. The summed E-state index contributed by atoms with van der Waals surface area (Å²) in [5.41, 5.74) is 6.25. The van der Waals surface area contributed by atoms with Crippen molar-refractivity contribution in [2.75, 3.05) is 19.0 Å². The van der Waals surface area contributed by atoms with Crippen LogP contribution in [-0.2, 0) is 16.1 Å². The predicted molar refractivity (Wildman–Crippen MR) is 65.5 cm³/mol. The molecule has 0 saturated heterocycles. The Morgan fingerprint density at radius 3 is 2.94 bits per heavy atom. The number of methoxy groups -OCH3 is 1. The van der Waals surface area contributed by atoms with Crippen molar-refractivity contribution in [2.24, 2.45) is 11.7 Å². The Morgan fingerprint density at radius 1 is 1.65 bits per heavy atom. The number of ether oxygens (including phenoxy) is 1. The van der Waals surface area contributed by atoms with E-state index in [9.17, 15) is 4.79 Å². The SMILES string of the molecule is COCC(N)C(=O)Nc1cnn(CC(C)C)c1. The first kappa shape index (κ1) is 13.7. The fourth-order valence-corrected chi connectivity index (χ4v) is 1.39. The molecular weight excluding hydrogens is 220 g/mol. The molecule has 1 amide bonds. The van der Waals surface area contributed by atoms with Crippen LogP contribution in [0.15, 0.2) is 12.4 Å². The quantitative estimate of drug-likeness (QED) is 0.756. The first-order valence-corrected chi connectivity index (χ1v) is 5.60. The highest BCUT2D eigenvalue weighted by molar-refractivity contribution is 5.94. The Hall–Kier alpha value is -1.40. The van der Waals surface area contributed by atoms with Crippen LogP contribution in [-0.4, -0.2) is 35.4 Å². The second-order valence-corrected chi connectivity index (χ2v) is 4.40. The van der Waals surface area contributed by atoms with Gasteiger partial charge in [0.1, 0.15) is 6.04 Å². The molecule has 0 aliphatic carbocycles. The van der Waals surface area contributed by atoms with Crippen LogP contribution in [0.5, 0.6) is 0 Å². The highest BCUT2D eigenvalue weighted by atomic mass is 16.5. The molecule has 1 heterocycles. The van der Waals surface area contributed by atoms with E-state index < -0.39 is 6.04 Å². The molecule has 0 aliphatic rings. The minimum atomic E-state index is -0.659. The maximum absolute atomic E-state index is 11.6. The van der Waals surface area contributed by atoms with Crippen LogP contribution in [0.3, 0.4) is 0 Å². The summed E-state index contributed by atoms with van der Waals surface area (Å²) in [5.74, 6) is 0.241. The molecular formula is C11H20N4O2. The number of rotatable bonds is 6. The first-order valence-electron chi connectivity index (χ1n) is 5.60. The lowest BCUT2D eigenvalue weighted by Gasteiger charge is -2.09. The predicted octanol–water partition coefficient (Wildman–Crippen LogP) is 0.451. The van der Waals surface area contributed by atoms with Gasteiger partial charge in [0.15, 0.2) is 0 Å². The van der Waals surface area contributed by atoms with E-state index in [-0.39, 0.29) is 12.5 Å². The van der Waals surface area contributed by atoms with E-state index in [0.29, 0.717) is 11.6 Å². The largest absolute Gasteiger partial charge is 0.383 e. The highest BCUT2D eigenvalue weighted by Crippen LogP contribution is 2.07. The summed E-state index contributed by atoms with van der Waals surface area (Å²) in [6.45, 7) is 5.23. The van der Waals surface area contributed by atoms with Crippen molar-refractivity contribution in [2.45, 2.75) is 26.4 Å². The summed E-state index contributed by atoms with van der Waals surface area (Å²) >= 11 is 0. The fourth-order valence-electron chi connectivity index (χ4n) is 1.39. The number of carbonyl (C=O) groups excluding carboxylic acids is 1. The van der Waals surface area contributed by atoms with Gasteiger partial charge in [0.05, 0.1) is 18.5 Å². The van der Waals surface area contributed by atoms with Gasteiger partial charge in [0.2, 0.25) is 5.91 Å². The molecule has 96 valence electrons. The summed E-state index contributed by atoms with van der Waals surface area (Å²) in [5, 5.41) is 6.84. The second kappa shape index (κ2) is 6.36. The molecule has 0 bridgehead atoms. The van der Waals surface area contributed by atoms with Crippen LogP contribution in [0.2, 0.25) is 0 Å². The van der Waals surface area contributed by atoms with Crippen LogP contribution in [0.4, 0.5) is 5.69 Å². The normalized spacial score (nSPS) is 12.8. The standard InChI is InChI=1S/C11H20N4O2/c1-8(2)5-15-6-9(4-13-15)14-11(16)10(12)7-17-3/h4,6,8,10H,5,7,12H2,1-3H3,(H,14,16). The molecule has 0 aromatic carbocycles. The third-order valence-corrected chi connectivity index (χ3v) is 2.14. The van der Waals surface area contributed by atoms with Gasteiger partial charge in [0.25, 0.3) is 0 Å². The van der Waals surface area contributed by atoms with Gasteiger partial charge in [-0.05, 0) is 5.92 Å². The Morgan fingerprint density at radius 2 is 2.35 bits per heavy atom. The Kier molecular flexibility index (Phi) is 5.11. The lowest BCUT2D eigenvalue weighted by Crippen LogP contribution is -2.39. The van der Waals surface area contributed by atoms with E-state index in [0.717, 1.165) is 6.54 Å². The van der Waals surface area contributed by atoms with Crippen LogP contribution in [0, 0.1) is 5.92 Å². The van der Waals surface area contributed by atoms with Crippen molar-refractivity contribution in [1.29, 1.82) is 0 Å². The molecule has 1 aromatic rings. The third kappa shape index (κ3) is 4.54.